The zero-order valence-electron chi connectivity index (χ0n) is 9.72. The zero-order valence-corrected chi connectivity index (χ0v) is 11.3. The van der Waals surface area contributed by atoms with Gasteiger partial charge in [-0.2, -0.15) is 5.10 Å². The molecule has 2 rings (SSSR count). The molecule has 0 radical (unpaired) electrons. The first-order valence-corrected chi connectivity index (χ1v) is 7.69. The average Bonchev–Trinajstić information content (AvgIpc) is 2.70. The first kappa shape index (κ1) is 12.9. The van der Waals surface area contributed by atoms with Crippen molar-refractivity contribution in [3.05, 3.63) is 16.9 Å². The van der Waals surface area contributed by atoms with Crippen LogP contribution in [0.4, 0.5) is 0 Å². The van der Waals surface area contributed by atoms with Gasteiger partial charge in [-0.3, -0.25) is 4.68 Å². The Morgan fingerprint density at radius 3 is 2.76 bits per heavy atom. The van der Waals surface area contributed by atoms with E-state index in [4.69, 9.17) is 11.6 Å². The van der Waals surface area contributed by atoms with Gasteiger partial charge in [-0.05, 0) is 19.3 Å². The lowest BCUT2D eigenvalue weighted by atomic mass is 9.97. The summed E-state index contributed by atoms with van der Waals surface area (Å²) in [5.41, 5.74) is -1.03. The molecule has 17 heavy (non-hydrogen) atoms. The van der Waals surface area contributed by atoms with Gasteiger partial charge in [-0.1, -0.05) is 11.6 Å². The monoisotopic (exact) mass is 278 g/mol. The average molecular weight is 279 g/mol. The van der Waals surface area contributed by atoms with Crippen LogP contribution in [-0.4, -0.2) is 34.8 Å². The Morgan fingerprint density at radius 2 is 2.29 bits per heavy atom. The number of halogens is 1. The fourth-order valence-corrected chi connectivity index (χ4v) is 4.56. The number of aryl methyl sites for hydroxylation is 1. The van der Waals surface area contributed by atoms with E-state index in [1.807, 2.05) is 0 Å². The molecule has 0 amide bonds. The Labute approximate surface area is 105 Å². The van der Waals surface area contributed by atoms with E-state index in [0.717, 1.165) is 6.26 Å². The number of sulfone groups is 1. The van der Waals surface area contributed by atoms with E-state index >= 15 is 0 Å². The van der Waals surface area contributed by atoms with Crippen LogP contribution in [0.1, 0.15) is 25.0 Å². The molecule has 2 unspecified atom stereocenters. The molecule has 0 saturated heterocycles. The molecule has 5 nitrogen and oxygen atoms in total. The van der Waals surface area contributed by atoms with Crippen molar-refractivity contribution in [2.24, 2.45) is 7.05 Å². The van der Waals surface area contributed by atoms with Gasteiger partial charge < -0.3 is 5.11 Å². The quantitative estimate of drug-likeness (QED) is 0.871. The lowest BCUT2D eigenvalue weighted by molar-refractivity contribution is 0.0394. The van der Waals surface area contributed by atoms with Crippen LogP contribution in [0, 0.1) is 0 Å². The van der Waals surface area contributed by atoms with Crippen LogP contribution in [0.2, 0.25) is 5.02 Å². The van der Waals surface area contributed by atoms with E-state index in [1.165, 1.54) is 10.9 Å². The van der Waals surface area contributed by atoms with Crippen molar-refractivity contribution in [3.63, 3.8) is 0 Å². The van der Waals surface area contributed by atoms with E-state index in [2.05, 4.69) is 5.10 Å². The Morgan fingerprint density at radius 1 is 1.65 bits per heavy atom. The van der Waals surface area contributed by atoms with Crippen molar-refractivity contribution >= 4 is 21.4 Å². The highest BCUT2D eigenvalue weighted by Crippen LogP contribution is 2.44. The molecule has 1 saturated carbocycles. The van der Waals surface area contributed by atoms with Gasteiger partial charge in [0.05, 0.1) is 22.2 Å². The lowest BCUT2D eigenvalue weighted by Gasteiger charge is -2.29. The first-order chi connectivity index (χ1) is 7.77. The third-order valence-electron chi connectivity index (χ3n) is 3.38. The van der Waals surface area contributed by atoms with Gasteiger partial charge in [0.15, 0.2) is 9.84 Å². The molecule has 1 aromatic heterocycles. The van der Waals surface area contributed by atoms with Crippen LogP contribution in [-0.2, 0) is 22.5 Å². The lowest BCUT2D eigenvalue weighted by Crippen LogP contribution is -2.41. The maximum Gasteiger partial charge on any atom is 0.153 e. The van der Waals surface area contributed by atoms with Crippen LogP contribution in [0.5, 0.6) is 0 Å². The van der Waals surface area contributed by atoms with Crippen LogP contribution in [0.3, 0.4) is 0 Å². The molecule has 0 aromatic carbocycles. The number of aliphatic hydroxyl groups is 1. The molecule has 0 spiro atoms. The third-order valence-corrected chi connectivity index (χ3v) is 5.31. The third kappa shape index (κ3) is 1.98. The number of hydrogen-bond donors (Lipinski definition) is 1. The summed E-state index contributed by atoms with van der Waals surface area (Å²) in [6.07, 6.45) is 4.08. The van der Waals surface area contributed by atoms with E-state index in [9.17, 15) is 13.5 Å². The van der Waals surface area contributed by atoms with Crippen LogP contribution >= 0.6 is 11.6 Å². The summed E-state index contributed by atoms with van der Waals surface area (Å²) < 4.78 is 24.9. The van der Waals surface area contributed by atoms with Gasteiger partial charge in [0.25, 0.3) is 0 Å². The highest BCUT2D eigenvalue weighted by molar-refractivity contribution is 7.91. The molecule has 2 atom stereocenters. The topological polar surface area (TPSA) is 72.2 Å². The molecule has 96 valence electrons. The van der Waals surface area contributed by atoms with E-state index < -0.39 is 20.7 Å². The molecule has 1 aliphatic rings. The fraction of sp³-hybridized carbons (Fsp3) is 0.700. The zero-order chi connectivity index (χ0) is 12.8. The Balaban J connectivity index is 2.56. The Bertz CT molecular complexity index is 520. The first-order valence-electron chi connectivity index (χ1n) is 5.36. The summed E-state index contributed by atoms with van der Waals surface area (Å²) in [6.45, 7) is 0. The second-order valence-corrected chi connectivity index (χ2v) is 7.23. The molecule has 7 heteroatoms. The second kappa shape index (κ2) is 3.96. The number of hydrogen-bond acceptors (Lipinski definition) is 4. The van der Waals surface area contributed by atoms with Gasteiger partial charge in [-0.15, -0.1) is 0 Å². The molecule has 1 N–H and O–H groups in total. The van der Waals surface area contributed by atoms with Gasteiger partial charge in [0, 0.05) is 13.3 Å². The maximum absolute atomic E-state index is 11.7. The van der Waals surface area contributed by atoms with E-state index in [1.54, 1.807) is 7.05 Å². The number of aromatic nitrogens is 2. The number of rotatable bonds is 2. The summed E-state index contributed by atoms with van der Waals surface area (Å²) in [5, 5.41) is 14.1. The van der Waals surface area contributed by atoms with Crippen molar-refractivity contribution in [3.8, 4) is 0 Å². The largest absolute Gasteiger partial charge is 0.382 e. The van der Waals surface area contributed by atoms with E-state index in [0.29, 0.717) is 30.0 Å². The Kier molecular flexibility index (Phi) is 3.00. The predicted molar refractivity (Wildman–Crippen MR) is 64.6 cm³/mol. The molecular weight excluding hydrogens is 264 g/mol. The normalized spacial score (nSPS) is 29.8. The summed E-state index contributed by atoms with van der Waals surface area (Å²) >= 11 is 5.99. The molecular formula is C10H15ClN2O3S. The molecule has 0 aliphatic heterocycles. The van der Waals surface area contributed by atoms with E-state index in [-0.39, 0.29) is 0 Å². The highest BCUT2D eigenvalue weighted by atomic mass is 35.5. The maximum atomic E-state index is 11.7. The number of nitrogens with zero attached hydrogens (tertiary/aromatic N) is 2. The standard InChI is InChI=1S/C10H15ClN2O3S/c1-13-9(7(11)6-12-13)10(14)5-3-4-8(10)17(2,15)16/h6,8,14H,3-5H2,1-2H3. The van der Waals surface area contributed by atoms with Gasteiger partial charge in [0.2, 0.25) is 0 Å². The molecule has 0 bridgehead atoms. The summed E-state index contributed by atoms with van der Waals surface area (Å²) in [4.78, 5) is 0. The van der Waals surface area contributed by atoms with Crippen LogP contribution < -0.4 is 0 Å². The van der Waals surface area contributed by atoms with Crippen molar-refractivity contribution < 1.29 is 13.5 Å². The molecule has 1 fully saturated rings. The van der Waals surface area contributed by atoms with Crippen molar-refractivity contribution in [2.75, 3.05) is 6.26 Å². The van der Waals surface area contributed by atoms with Crippen LogP contribution in [0.15, 0.2) is 6.20 Å². The smallest absolute Gasteiger partial charge is 0.153 e. The second-order valence-electron chi connectivity index (χ2n) is 4.60. The molecule has 1 aliphatic carbocycles. The minimum Gasteiger partial charge on any atom is -0.382 e. The van der Waals surface area contributed by atoms with Gasteiger partial charge in [-0.25, -0.2) is 8.42 Å². The van der Waals surface area contributed by atoms with Gasteiger partial charge >= 0.3 is 0 Å². The molecule has 1 aromatic rings. The fourth-order valence-electron chi connectivity index (χ4n) is 2.69. The summed E-state index contributed by atoms with van der Waals surface area (Å²) in [6, 6.07) is 0. The van der Waals surface area contributed by atoms with Crippen molar-refractivity contribution in [1.82, 2.24) is 9.78 Å². The summed E-state index contributed by atoms with van der Waals surface area (Å²) in [7, 11) is -1.67. The van der Waals surface area contributed by atoms with Crippen LogP contribution in [0.25, 0.3) is 0 Å². The minimum absolute atomic E-state index is 0.311. The minimum atomic E-state index is -3.32. The SMILES string of the molecule is Cn1ncc(Cl)c1C1(O)CCCC1S(C)(=O)=O. The summed E-state index contributed by atoms with van der Waals surface area (Å²) in [5.74, 6) is 0. The molecule has 1 heterocycles. The predicted octanol–water partition coefficient (Wildman–Crippen LogP) is 0.858. The van der Waals surface area contributed by atoms with Crippen molar-refractivity contribution in [2.45, 2.75) is 30.1 Å². The highest BCUT2D eigenvalue weighted by Gasteiger charge is 2.50. The van der Waals surface area contributed by atoms with Gasteiger partial charge in [0.1, 0.15) is 5.60 Å². The van der Waals surface area contributed by atoms with Crippen molar-refractivity contribution in [1.29, 1.82) is 0 Å². The Hall–Kier alpha value is -0.590.